The van der Waals surface area contributed by atoms with Crippen LogP contribution in [0, 0.1) is 17.8 Å². The highest BCUT2D eigenvalue weighted by Gasteiger charge is 2.49. The summed E-state index contributed by atoms with van der Waals surface area (Å²) in [5.74, 6) is 1.01. The molecule has 0 unspecified atom stereocenters. The molecule has 0 spiro atoms. The van der Waals surface area contributed by atoms with Gasteiger partial charge in [0, 0.05) is 61.6 Å². The predicted molar refractivity (Wildman–Crippen MR) is 177 cm³/mol. The van der Waals surface area contributed by atoms with E-state index in [9.17, 15) is 9.59 Å². The van der Waals surface area contributed by atoms with E-state index in [2.05, 4.69) is 79.7 Å². The van der Waals surface area contributed by atoms with Gasteiger partial charge in [0.1, 0.15) is 6.61 Å². The number of halogens is 1. The second-order valence-electron chi connectivity index (χ2n) is 14.1. The molecule has 6 nitrogen and oxygen atoms in total. The van der Waals surface area contributed by atoms with Crippen molar-refractivity contribution in [2.45, 2.75) is 86.2 Å². The lowest BCUT2D eigenvalue weighted by molar-refractivity contribution is -0.119. The van der Waals surface area contributed by atoms with E-state index in [1.165, 1.54) is 5.56 Å². The zero-order valence-corrected chi connectivity index (χ0v) is 28.9. The number of Topliss-reactive ketones (excluding diaryl/α,β-unsaturated/α-hetero) is 2. The number of carbonyl (C=O) groups excluding carboxylic acids is 2. The average Bonchev–Trinajstić information content (AvgIpc) is 2.92. The van der Waals surface area contributed by atoms with Crippen molar-refractivity contribution in [3.05, 3.63) is 80.1 Å². The summed E-state index contributed by atoms with van der Waals surface area (Å²) < 4.78 is 18.6. The first kappa shape index (κ1) is 32.5. The van der Waals surface area contributed by atoms with E-state index < -0.39 is 5.92 Å². The van der Waals surface area contributed by atoms with Crippen molar-refractivity contribution in [2.75, 3.05) is 26.9 Å². The lowest BCUT2D eigenvalue weighted by atomic mass is 9.63. The number of methoxy groups -OCH3 is 1. The van der Waals surface area contributed by atoms with Gasteiger partial charge >= 0.3 is 0 Å². The van der Waals surface area contributed by atoms with Crippen LogP contribution in [0.25, 0.3) is 0 Å². The van der Waals surface area contributed by atoms with Gasteiger partial charge in [0.2, 0.25) is 0 Å². The largest absolute Gasteiger partial charge is 0.490 e. The van der Waals surface area contributed by atoms with Crippen molar-refractivity contribution >= 4 is 27.5 Å². The van der Waals surface area contributed by atoms with Gasteiger partial charge in [0.05, 0.1) is 11.1 Å². The number of hydrogen-bond acceptors (Lipinski definition) is 6. The van der Waals surface area contributed by atoms with Crippen LogP contribution < -0.4 is 9.47 Å². The molecule has 7 heteroatoms. The normalized spacial score (nSPS) is 19.7. The summed E-state index contributed by atoms with van der Waals surface area (Å²) in [4.78, 5) is 30.6. The van der Waals surface area contributed by atoms with Crippen LogP contribution in [0.2, 0.25) is 0 Å². The molecule has 5 rings (SSSR count). The molecule has 0 fully saturated rings. The molecule has 2 aromatic carbocycles. The smallest absolute Gasteiger partial charge is 0.175 e. The number of hydrogen-bond donors (Lipinski definition) is 0. The maximum Gasteiger partial charge on any atom is 0.175 e. The van der Waals surface area contributed by atoms with Crippen molar-refractivity contribution in [3.8, 4) is 11.5 Å². The second-order valence-corrected chi connectivity index (χ2v) is 14.9. The molecule has 2 aliphatic carbocycles. The minimum Gasteiger partial charge on any atom is -0.490 e. The fourth-order valence-corrected chi connectivity index (χ4v) is 7.59. The third-order valence-corrected chi connectivity index (χ3v) is 9.51. The van der Waals surface area contributed by atoms with Crippen molar-refractivity contribution in [3.63, 3.8) is 0 Å². The van der Waals surface area contributed by atoms with Gasteiger partial charge in [-0.1, -0.05) is 57.5 Å². The Bertz CT molecular complexity index is 1450. The van der Waals surface area contributed by atoms with Crippen LogP contribution in [0.3, 0.4) is 0 Å². The second kappa shape index (κ2) is 12.8. The molecule has 0 saturated carbocycles. The molecule has 44 heavy (non-hydrogen) atoms. The summed E-state index contributed by atoms with van der Waals surface area (Å²) in [7, 11) is 1.71. The molecular formula is C37H46BrNO5. The Labute approximate surface area is 271 Å². The topological polar surface area (TPSA) is 65.1 Å². The average molecular weight is 665 g/mol. The van der Waals surface area contributed by atoms with Crippen LogP contribution in [0.4, 0.5) is 0 Å². The van der Waals surface area contributed by atoms with Crippen LogP contribution in [-0.4, -0.2) is 43.3 Å². The van der Waals surface area contributed by atoms with Crippen LogP contribution in [0.1, 0.15) is 89.3 Å². The molecule has 0 atom stereocenters. The van der Waals surface area contributed by atoms with E-state index in [-0.39, 0.29) is 22.4 Å². The third-order valence-electron chi connectivity index (χ3n) is 8.92. The molecule has 2 aromatic rings. The Balaban J connectivity index is 1.65. The maximum absolute atomic E-state index is 14.1. The highest BCUT2D eigenvalue weighted by Crippen LogP contribution is 2.55. The SMILES string of the molecule is CCOc1cc(C2C3=C(CC(C)(C)CC3=O)N(CCCOC)C3=C2C(=O)CC(C)(C)C3)cc(Br)c1OCc1ccc(C)cc1. The molecule has 0 aromatic heterocycles. The molecule has 0 bridgehead atoms. The number of nitrogens with zero attached hydrogens (tertiary/aromatic N) is 1. The number of ether oxygens (including phenoxy) is 3. The van der Waals surface area contributed by atoms with E-state index in [0.29, 0.717) is 50.7 Å². The summed E-state index contributed by atoms with van der Waals surface area (Å²) in [5.41, 5.74) is 6.44. The van der Waals surface area contributed by atoms with E-state index in [4.69, 9.17) is 14.2 Å². The van der Waals surface area contributed by atoms with Gasteiger partial charge < -0.3 is 19.1 Å². The van der Waals surface area contributed by atoms with Gasteiger partial charge in [0.15, 0.2) is 23.1 Å². The van der Waals surface area contributed by atoms with Gasteiger partial charge in [-0.2, -0.15) is 0 Å². The summed E-state index contributed by atoms with van der Waals surface area (Å²) in [6, 6.07) is 12.3. The molecule has 0 radical (unpaired) electrons. The summed E-state index contributed by atoms with van der Waals surface area (Å²) in [5, 5.41) is 0. The van der Waals surface area contributed by atoms with Gasteiger partial charge in [0.25, 0.3) is 0 Å². The number of benzene rings is 2. The first-order valence-corrected chi connectivity index (χ1v) is 16.6. The molecule has 0 N–H and O–H groups in total. The van der Waals surface area contributed by atoms with Crippen LogP contribution in [0.5, 0.6) is 11.5 Å². The highest BCUT2D eigenvalue weighted by molar-refractivity contribution is 9.10. The van der Waals surface area contributed by atoms with E-state index in [1.54, 1.807) is 7.11 Å². The minimum absolute atomic E-state index is 0.121. The number of ketones is 2. The van der Waals surface area contributed by atoms with E-state index in [0.717, 1.165) is 57.4 Å². The van der Waals surface area contributed by atoms with Gasteiger partial charge in [-0.05, 0) is 83.1 Å². The zero-order valence-electron chi connectivity index (χ0n) is 27.3. The molecule has 3 aliphatic rings. The summed E-state index contributed by atoms with van der Waals surface area (Å²) in [6.07, 6.45) is 3.27. The maximum atomic E-state index is 14.1. The number of rotatable bonds is 10. The molecule has 0 saturated heterocycles. The molecule has 0 amide bonds. The zero-order chi connectivity index (χ0) is 31.8. The van der Waals surface area contributed by atoms with E-state index >= 15 is 0 Å². The lowest BCUT2D eigenvalue weighted by Crippen LogP contribution is -2.44. The first-order chi connectivity index (χ1) is 20.8. The third kappa shape index (κ3) is 6.69. The molecule has 236 valence electrons. The predicted octanol–water partition coefficient (Wildman–Crippen LogP) is 8.46. The minimum atomic E-state index is -0.451. The van der Waals surface area contributed by atoms with Crippen molar-refractivity contribution in [1.29, 1.82) is 0 Å². The Hall–Kier alpha value is -2.90. The summed E-state index contributed by atoms with van der Waals surface area (Å²) in [6.45, 7) is 14.9. The van der Waals surface area contributed by atoms with Crippen molar-refractivity contribution in [1.82, 2.24) is 4.90 Å². The van der Waals surface area contributed by atoms with E-state index in [1.807, 2.05) is 19.1 Å². The van der Waals surface area contributed by atoms with Gasteiger partial charge in [-0.3, -0.25) is 9.59 Å². The molecule has 1 heterocycles. The first-order valence-electron chi connectivity index (χ1n) is 15.8. The number of aryl methyl sites for hydroxylation is 1. The molecular weight excluding hydrogens is 618 g/mol. The Kier molecular flexibility index (Phi) is 9.48. The fourth-order valence-electron chi connectivity index (χ4n) is 7.02. The highest BCUT2D eigenvalue weighted by atomic mass is 79.9. The fraction of sp³-hybridized carbons (Fsp3) is 0.514. The number of carbonyl (C=O) groups is 2. The number of allylic oxidation sites excluding steroid dienone is 4. The van der Waals surface area contributed by atoms with Crippen molar-refractivity contribution < 1.29 is 23.8 Å². The standard InChI is InChI=1S/C37H46BrNO5/c1-8-43-31-17-25(16-26(38)35(31)44-22-24-12-10-23(2)11-13-24)32-33-27(18-36(3,4)20-29(33)40)39(14-9-15-42-7)28-19-37(5,6)21-30(41)34(28)32/h10-13,16-17,32H,8-9,14-15,18-22H2,1-7H3. The van der Waals surface area contributed by atoms with Gasteiger partial charge in [-0.15, -0.1) is 0 Å². The van der Waals surface area contributed by atoms with Crippen LogP contribution in [0.15, 0.2) is 63.4 Å². The van der Waals surface area contributed by atoms with Crippen molar-refractivity contribution in [2.24, 2.45) is 10.8 Å². The quantitative estimate of drug-likeness (QED) is 0.238. The van der Waals surface area contributed by atoms with Crippen LogP contribution in [-0.2, 0) is 20.9 Å². The monoisotopic (exact) mass is 663 g/mol. The molecule has 1 aliphatic heterocycles. The lowest BCUT2D eigenvalue weighted by Gasteiger charge is -2.49. The van der Waals surface area contributed by atoms with Gasteiger partial charge in [-0.25, -0.2) is 0 Å². The summed E-state index contributed by atoms with van der Waals surface area (Å²) >= 11 is 3.78. The Morgan fingerprint density at radius 2 is 1.48 bits per heavy atom. The van der Waals surface area contributed by atoms with Crippen LogP contribution >= 0.6 is 15.9 Å². The Morgan fingerprint density at radius 1 is 0.886 bits per heavy atom. The Morgan fingerprint density at radius 3 is 2.02 bits per heavy atom.